The van der Waals surface area contributed by atoms with Crippen LogP contribution in [0.1, 0.15) is 13.3 Å². The van der Waals surface area contributed by atoms with Crippen LogP contribution in [0.5, 0.6) is 5.75 Å². The molecular weight excluding hydrogens is 373 g/mol. The van der Waals surface area contributed by atoms with E-state index in [1.807, 2.05) is 12.1 Å². The van der Waals surface area contributed by atoms with Crippen molar-refractivity contribution in [2.75, 3.05) is 19.7 Å². The number of likely N-dealkylation sites (tertiary alicyclic amines) is 1. The molecule has 0 aromatic heterocycles. The monoisotopic (exact) mass is 389 g/mol. The van der Waals surface area contributed by atoms with E-state index in [9.17, 15) is 9.59 Å². The first kappa shape index (κ1) is 15.1. The third kappa shape index (κ3) is 3.41. The van der Waals surface area contributed by atoms with Gasteiger partial charge >= 0.3 is 5.97 Å². The number of carbonyl (C=O) groups excluding carboxylic acids is 1. The van der Waals surface area contributed by atoms with Crippen LogP contribution in [0.3, 0.4) is 0 Å². The van der Waals surface area contributed by atoms with Crippen molar-refractivity contribution in [3.8, 4) is 5.75 Å². The highest BCUT2D eigenvalue weighted by atomic mass is 127. The van der Waals surface area contributed by atoms with Crippen LogP contribution >= 0.6 is 22.6 Å². The van der Waals surface area contributed by atoms with Crippen molar-refractivity contribution >= 4 is 34.5 Å². The van der Waals surface area contributed by atoms with E-state index in [2.05, 4.69) is 22.6 Å². The minimum atomic E-state index is -0.855. The average molecular weight is 389 g/mol. The van der Waals surface area contributed by atoms with Crippen molar-refractivity contribution in [2.45, 2.75) is 13.3 Å². The zero-order valence-corrected chi connectivity index (χ0v) is 13.3. The van der Waals surface area contributed by atoms with E-state index >= 15 is 0 Å². The molecule has 20 heavy (non-hydrogen) atoms. The predicted octanol–water partition coefficient (Wildman–Crippen LogP) is 1.99. The highest BCUT2D eigenvalue weighted by molar-refractivity contribution is 14.1. The lowest BCUT2D eigenvalue weighted by molar-refractivity contribution is -0.147. The lowest BCUT2D eigenvalue weighted by Gasteiger charge is -2.20. The number of carboxylic acid groups (broad SMARTS) is 1. The number of hydrogen-bond donors (Lipinski definition) is 1. The molecule has 1 fully saturated rings. The van der Waals surface area contributed by atoms with Crippen LogP contribution in [0, 0.1) is 8.99 Å². The van der Waals surface area contributed by atoms with E-state index in [4.69, 9.17) is 9.84 Å². The van der Waals surface area contributed by atoms with Crippen LogP contribution < -0.4 is 4.74 Å². The van der Waals surface area contributed by atoms with Gasteiger partial charge in [0.15, 0.2) is 6.61 Å². The van der Waals surface area contributed by atoms with Gasteiger partial charge in [0.25, 0.3) is 5.91 Å². The number of ether oxygens (including phenoxy) is 1. The molecule has 1 aliphatic heterocycles. The Morgan fingerprint density at radius 3 is 2.60 bits per heavy atom. The normalized spacial score (nSPS) is 21.8. The molecule has 1 heterocycles. The second kappa shape index (κ2) is 5.99. The van der Waals surface area contributed by atoms with E-state index in [1.165, 1.54) is 0 Å². The summed E-state index contributed by atoms with van der Waals surface area (Å²) in [5.41, 5.74) is -0.835. The lowest BCUT2D eigenvalue weighted by atomic mass is 9.90. The summed E-state index contributed by atoms with van der Waals surface area (Å²) >= 11 is 2.19. The second-order valence-corrected chi connectivity index (χ2v) is 6.42. The molecule has 1 aromatic carbocycles. The van der Waals surface area contributed by atoms with Crippen molar-refractivity contribution < 1.29 is 19.4 Å². The van der Waals surface area contributed by atoms with E-state index in [-0.39, 0.29) is 19.1 Å². The summed E-state index contributed by atoms with van der Waals surface area (Å²) in [5, 5.41) is 9.14. The fourth-order valence-electron chi connectivity index (χ4n) is 2.12. The second-order valence-electron chi connectivity index (χ2n) is 5.17. The Hall–Kier alpha value is -1.31. The number of benzene rings is 1. The van der Waals surface area contributed by atoms with Gasteiger partial charge < -0.3 is 14.7 Å². The number of hydrogen-bond acceptors (Lipinski definition) is 3. The maximum Gasteiger partial charge on any atom is 0.311 e. The molecular formula is C14H16INO4. The number of aliphatic carboxylic acids is 1. The van der Waals surface area contributed by atoms with E-state index in [0.717, 1.165) is 3.57 Å². The van der Waals surface area contributed by atoms with Gasteiger partial charge in [0.2, 0.25) is 0 Å². The smallest absolute Gasteiger partial charge is 0.311 e. The standard InChI is InChI=1S/C14H16INO4/c1-14(13(18)19)6-7-16(9-14)12(17)8-20-11-4-2-10(15)3-5-11/h2-5H,6-9H2,1H3,(H,18,19). The topological polar surface area (TPSA) is 66.8 Å². The SMILES string of the molecule is CC1(C(=O)O)CCN(C(=O)COc2ccc(I)cc2)C1. The zero-order valence-electron chi connectivity index (χ0n) is 11.1. The molecule has 5 nitrogen and oxygen atoms in total. The third-order valence-electron chi connectivity index (χ3n) is 3.52. The van der Waals surface area contributed by atoms with Crippen LogP contribution in [-0.4, -0.2) is 41.6 Å². The molecule has 0 aliphatic carbocycles. The fraction of sp³-hybridized carbons (Fsp3) is 0.429. The van der Waals surface area contributed by atoms with Crippen LogP contribution in [0.15, 0.2) is 24.3 Å². The first-order chi connectivity index (χ1) is 9.40. The highest BCUT2D eigenvalue weighted by Crippen LogP contribution is 2.30. The molecule has 1 amide bonds. The van der Waals surface area contributed by atoms with Gasteiger partial charge in [-0.1, -0.05) is 0 Å². The first-order valence-corrected chi connectivity index (χ1v) is 7.38. The number of amides is 1. The zero-order chi connectivity index (χ0) is 14.8. The van der Waals surface area contributed by atoms with Crippen molar-refractivity contribution in [1.82, 2.24) is 4.90 Å². The van der Waals surface area contributed by atoms with Gasteiger partial charge in [-0.05, 0) is 60.2 Å². The molecule has 1 N–H and O–H groups in total. The van der Waals surface area contributed by atoms with Crippen molar-refractivity contribution in [3.63, 3.8) is 0 Å². The molecule has 6 heteroatoms. The summed E-state index contributed by atoms with van der Waals surface area (Å²) in [6.45, 7) is 2.33. The predicted molar refractivity (Wildman–Crippen MR) is 81.6 cm³/mol. The Kier molecular flexibility index (Phi) is 4.52. The minimum absolute atomic E-state index is 0.0592. The number of carbonyl (C=O) groups is 2. The van der Waals surface area contributed by atoms with Gasteiger partial charge in [0, 0.05) is 16.7 Å². The summed E-state index contributed by atoms with van der Waals surface area (Å²) in [6.07, 6.45) is 0.484. The molecule has 0 spiro atoms. The Morgan fingerprint density at radius 1 is 1.40 bits per heavy atom. The van der Waals surface area contributed by atoms with Gasteiger partial charge in [-0.25, -0.2) is 0 Å². The molecule has 1 aliphatic rings. The molecule has 108 valence electrons. The maximum absolute atomic E-state index is 12.0. The van der Waals surface area contributed by atoms with Crippen LogP contribution in [0.25, 0.3) is 0 Å². The van der Waals surface area contributed by atoms with Gasteiger partial charge in [-0.3, -0.25) is 9.59 Å². The van der Waals surface area contributed by atoms with Crippen LogP contribution in [0.2, 0.25) is 0 Å². The van der Waals surface area contributed by atoms with Crippen LogP contribution in [-0.2, 0) is 9.59 Å². The third-order valence-corrected chi connectivity index (χ3v) is 4.24. The summed E-state index contributed by atoms with van der Waals surface area (Å²) in [4.78, 5) is 24.7. The summed E-state index contributed by atoms with van der Waals surface area (Å²) < 4.78 is 6.52. The average Bonchev–Trinajstić information content (AvgIpc) is 2.82. The van der Waals surface area contributed by atoms with Gasteiger partial charge in [0.05, 0.1) is 5.41 Å². The van der Waals surface area contributed by atoms with Gasteiger partial charge in [-0.2, -0.15) is 0 Å². The minimum Gasteiger partial charge on any atom is -0.484 e. The molecule has 1 saturated heterocycles. The quantitative estimate of drug-likeness (QED) is 0.801. The highest BCUT2D eigenvalue weighted by Gasteiger charge is 2.42. The largest absolute Gasteiger partial charge is 0.484 e. The number of carboxylic acids is 1. The van der Waals surface area contributed by atoms with E-state index in [0.29, 0.717) is 18.7 Å². The molecule has 0 radical (unpaired) electrons. The maximum atomic E-state index is 12.0. The molecule has 1 unspecified atom stereocenters. The van der Waals surface area contributed by atoms with E-state index in [1.54, 1.807) is 24.0 Å². The molecule has 0 bridgehead atoms. The Morgan fingerprint density at radius 2 is 2.05 bits per heavy atom. The molecule has 0 saturated carbocycles. The molecule has 1 aromatic rings. The summed E-state index contributed by atoms with van der Waals surface area (Å²) in [7, 11) is 0. The Labute approximate surface area is 131 Å². The van der Waals surface area contributed by atoms with E-state index < -0.39 is 11.4 Å². The van der Waals surface area contributed by atoms with Crippen molar-refractivity contribution in [3.05, 3.63) is 27.8 Å². The number of rotatable bonds is 4. The summed E-state index contributed by atoms with van der Waals surface area (Å²) in [5.74, 6) is -0.390. The Balaban J connectivity index is 1.87. The van der Waals surface area contributed by atoms with Gasteiger partial charge in [0.1, 0.15) is 5.75 Å². The summed E-state index contributed by atoms with van der Waals surface area (Å²) in [6, 6.07) is 7.41. The van der Waals surface area contributed by atoms with Gasteiger partial charge in [-0.15, -0.1) is 0 Å². The first-order valence-electron chi connectivity index (χ1n) is 6.30. The molecule has 2 rings (SSSR count). The number of halogens is 1. The van der Waals surface area contributed by atoms with Crippen molar-refractivity contribution in [1.29, 1.82) is 0 Å². The molecule has 1 atom stereocenters. The fourth-order valence-corrected chi connectivity index (χ4v) is 2.48. The van der Waals surface area contributed by atoms with Crippen LogP contribution in [0.4, 0.5) is 0 Å². The lowest BCUT2D eigenvalue weighted by Crippen LogP contribution is -2.37. The number of nitrogens with zero attached hydrogens (tertiary/aromatic N) is 1. The van der Waals surface area contributed by atoms with Crippen molar-refractivity contribution in [2.24, 2.45) is 5.41 Å². The Bertz CT molecular complexity index is 516.